The lowest BCUT2D eigenvalue weighted by Crippen LogP contribution is -2.09. The van der Waals surface area contributed by atoms with Crippen molar-refractivity contribution in [2.75, 3.05) is 0 Å². The number of ketones is 1. The van der Waals surface area contributed by atoms with E-state index in [0.29, 0.717) is 36.3 Å². The van der Waals surface area contributed by atoms with Crippen LogP contribution < -0.4 is 0 Å². The smallest absolute Gasteiger partial charge is 0.335 e. The van der Waals surface area contributed by atoms with Crippen LogP contribution in [0, 0.1) is 6.92 Å². The second-order valence-corrected chi connectivity index (χ2v) is 7.86. The molecular formula is C27H25N3O3. The van der Waals surface area contributed by atoms with Crippen LogP contribution in [0.5, 0.6) is 0 Å². The molecule has 2 aromatic heterocycles. The molecule has 0 unspecified atom stereocenters. The van der Waals surface area contributed by atoms with Crippen molar-refractivity contribution in [1.29, 1.82) is 0 Å². The number of nitrogens with zero attached hydrogens (tertiary/aromatic N) is 3. The summed E-state index contributed by atoms with van der Waals surface area (Å²) in [6.45, 7) is 3.14. The first-order valence-electron chi connectivity index (χ1n) is 10.8. The van der Waals surface area contributed by atoms with Gasteiger partial charge in [0, 0.05) is 31.0 Å². The molecule has 0 bridgehead atoms. The van der Waals surface area contributed by atoms with Crippen LogP contribution >= 0.6 is 0 Å². The molecule has 0 saturated carbocycles. The van der Waals surface area contributed by atoms with E-state index in [4.69, 9.17) is 0 Å². The van der Waals surface area contributed by atoms with Gasteiger partial charge in [-0.15, -0.1) is 0 Å². The summed E-state index contributed by atoms with van der Waals surface area (Å²) >= 11 is 0. The molecule has 166 valence electrons. The summed E-state index contributed by atoms with van der Waals surface area (Å²) in [7, 11) is 0. The first kappa shape index (κ1) is 22.0. The number of carboxylic acid groups (broad SMARTS) is 1. The van der Waals surface area contributed by atoms with E-state index in [0.717, 1.165) is 16.8 Å². The zero-order valence-electron chi connectivity index (χ0n) is 18.4. The molecule has 0 saturated heterocycles. The lowest BCUT2D eigenvalue weighted by Gasteiger charge is -2.06. The van der Waals surface area contributed by atoms with E-state index in [1.54, 1.807) is 16.8 Å². The topological polar surface area (TPSA) is 77.1 Å². The molecule has 6 heteroatoms. The number of benzene rings is 2. The SMILES string of the molecule is Cc1ccc(C(=O)c2cccn2C/C=C/c2ccn(CCc3ccccc3C(=O)O)n2)cc1. The second kappa shape index (κ2) is 9.96. The molecule has 4 rings (SSSR count). The highest BCUT2D eigenvalue weighted by molar-refractivity contribution is 6.08. The number of aromatic carboxylic acids is 1. The van der Waals surface area contributed by atoms with Gasteiger partial charge in [0.1, 0.15) is 0 Å². The van der Waals surface area contributed by atoms with Crippen molar-refractivity contribution in [3.8, 4) is 0 Å². The molecule has 0 aliphatic carbocycles. The van der Waals surface area contributed by atoms with Gasteiger partial charge >= 0.3 is 5.97 Å². The third-order valence-electron chi connectivity index (χ3n) is 5.49. The number of carbonyl (C=O) groups excluding carboxylic acids is 1. The lowest BCUT2D eigenvalue weighted by atomic mass is 10.1. The normalized spacial score (nSPS) is 11.2. The van der Waals surface area contributed by atoms with Gasteiger partial charge in [-0.1, -0.05) is 54.1 Å². The Labute approximate surface area is 192 Å². The summed E-state index contributed by atoms with van der Waals surface area (Å²) in [4.78, 5) is 24.2. The van der Waals surface area contributed by atoms with Crippen LogP contribution in [0.2, 0.25) is 0 Å². The van der Waals surface area contributed by atoms with Crippen LogP contribution in [0.1, 0.15) is 43.2 Å². The molecule has 2 heterocycles. The summed E-state index contributed by atoms with van der Waals surface area (Å²) in [6.07, 6.45) is 8.25. The zero-order valence-corrected chi connectivity index (χ0v) is 18.4. The Bertz CT molecular complexity index is 1300. The second-order valence-electron chi connectivity index (χ2n) is 7.86. The number of aromatic nitrogens is 3. The molecule has 0 atom stereocenters. The van der Waals surface area contributed by atoms with Gasteiger partial charge in [-0.2, -0.15) is 5.10 Å². The van der Waals surface area contributed by atoms with Crippen molar-refractivity contribution in [1.82, 2.24) is 14.3 Å². The fourth-order valence-electron chi connectivity index (χ4n) is 3.69. The first-order chi connectivity index (χ1) is 16.0. The number of hydrogen-bond acceptors (Lipinski definition) is 3. The standard InChI is InChI=1S/C27H25N3O3/c1-20-10-12-22(13-11-20)26(31)25-9-5-17-29(25)16-4-7-23-15-19-30(28-23)18-14-21-6-2-3-8-24(21)27(32)33/h2-13,15,17,19H,14,16,18H2,1H3,(H,32,33)/b7-4+. The lowest BCUT2D eigenvalue weighted by molar-refractivity contribution is 0.0695. The van der Waals surface area contributed by atoms with Crippen LogP contribution in [0.15, 0.2) is 85.2 Å². The fraction of sp³-hybridized carbons (Fsp3) is 0.148. The van der Waals surface area contributed by atoms with Gasteiger partial charge in [0.05, 0.1) is 17.0 Å². The average Bonchev–Trinajstić information content (AvgIpc) is 3.47. The number of carboxylic acids is 1. The van der Waals surface area contributed by atoms with Crippen molar-refractivity contribution in [2.24, 2.45) is 0 Å². The molecule has 33 heavy (non-hydrogen) atoms. The number of hydrogen-bond donors (Lipinski definition) is 1. The third-order valence-corrected chi connectivity index (χ3v) is 5.49. The molecule has 0 amide bonds. The summed E-state index contributed by atoms with van der Waals surface area (Å²) in [5.41, 5.74) is 4.36. The van der Waals surface area contributed by atoms with Crippen LogP contribution in [0.3, 0.4) is 0 Å². The van der Waals surface area contributed by atoms with Gasteiger partial charge in [0.2, 0.25) is 5.78 Å². The molecule has 0 aliphatic rings. The van der Waals surface area contributed by atoms with E-state index in [-0.39, 0.29) is 5.78 Å². The van der Waals surface area contributed by atoms with E-state index >= 15 is 0 Å². The Kier molecular flexibility index (Phi) is 6.64. The van der Waals surface area contributed by atoms with E-state index in [1.807, 2.05) is 90.6 Å². The summed E-state index contributed by atoms with van der Waals surface area (Å²) < 4.78 is 3.72. The quantitative estimate of drug-likeness (QED) is 0.377. The molecule has 4 aromatic rings. The predicted molar refractivity (Wildman–Crippen MR) is 127 cm³/mol. The average molecular weight is 440 g/mol. The van der Waals surface area contributed by atoms with E-state index in [9.17, 15) is 14.7 Å². The van der Waals surface area contributed by atoms with Gasteiger partial charge in [0.25, 0.3) is 0 Å². The van der Waals surface area contributed by atoms with E-state index in [1.165, 1.54) is 0 Å². The molecule has 6 nitrogen and oxygen atoms in total. The number of rotatable bonds is 9. The highest BCUT2D eigenvalue weighted by Gasteiger charge is 2.12. The van der Waals surface area contributed by atoms with E-state index < -0.39 is 5.97 Å². The number of carbonyl (C=O) groups is 2. The van der Waals surface area contributed by atoms with Crippen molar-refractivity contribution in [3.05, 3.63) is 119 Å². The Balaban J connectivity index is 1.37. The van der Waals surface area contributed by atoms with Gasteiger partial charge < -0.3 is 9.67 Å². The Morgan fingerprint density at radius 1 is 0.970 bits per heavy atom. The van der Waals surface area contributed by atoms with Crippen molar-refractivity contribution in [2.45, 2.75) is 26.4 Å². The molecule has 0 spiro atoms. The molecule has 2 aromatic carbocycles. The van der Waals surface area contributed by atoms with Crippen LogP contribution in [0.4, 0.5) is 0 Å². The van der Waals surface area contributed by atoms with Crippen molar-refractivity contribution < 1.29 is 14.7 Å². The van der Waals surface area contributed by atoms with Crippen molar-refractivity contribution in [3.63, 3.8) is 0 Å². The summed E-state index contributed by atoms with van der Waals surface area (Å²) in [5.74, 6) is -0.917. The molecule has 1 N–H and O–H groups in total. The van der Waals surface area contributed by atoms with Gasteiger partial charge in [-0.25, -0.2) is 4.79 Å². The third kappa shape index (κ3) is 5.36. The highest BCUT2D eigenvalue weighted by Crippen LogP contribution is 2.13. The van der Waals surface area contributed by atoms with Crippen LogP contribution in [-0.4, -0.2) is 31.2 Å². The zero-order chi connectivity index (χ0) is 23.2. The van der Waals surface area contributed by atoms with Gasteiger partial charge in [-0.3, -0.25) is 9.48 Å². The Hall–Kier alpha value is -4.19. The van der Waals surface area contributed by atoms with E-state index in [2.05, 4.69) is 5.10 Å². The van der Waals surface area contributed by atoms with Crippen LogP contribution in [0.25, 0.3) is 6.08 Å². The number of aryl methyl sites for hydroxylation is 3. The monoisotopic (exact) mass is 439 g/mol. The molecule has 0 radical (unpaired) electrons. The minimum Gasteiger partial charge on any atom is -0.478 e. The first-order valence-corrected chi connectivity index (χ1v) is 10.8. The number of allylic oxidation sites excluding steroid dienone is 1. The molecular weight excluding hydrogens is 414 g/mol. The Morgan fingerprint density at radius 3 is 2.55 bits per heavy atom. The largest absolute Gasteiger partial charge is 0.478 e. The van der Waals surface area contributed by atoms with Gasteiger partial charge in [0.15, 0.2) is 0 Å². The van der Waals surface area contributed by atoms with Gasteiger partial charge in [-0.05, 0) is 49.2 Å². The summed E-state index contributed by atoms with van der Waals surface area (Å²) in [6, 6.07) is 20.2. The maximum absolute atomic E-state index is 12.8. The Morgan fingerprint density at radius 2 is 1.76 bits per heavy atom. The minimum atomic E-state index is -0.917. The maximum atomic E-state index is 12.8. The van der Waals surface area contributed by atoms with Crippen LogP contribution in [-0.2, 0) is 19.5 Å². The fourth-order valence-corrected chi connectivity index (χ4v) is 3.69. The van der Waals surface area contributed by atoms with Crippen molar-refractivity contribution >= 4 is 17.8 Å². The highest BCUT2D eigenvalue weighted by atomic mass is 16.4. The summed E-state index contributed by atoms with van der Waals surface area (Å²) in [5, 5.41) is 13.9. The predicted octanol–water partition coefficient (Wildman–Crippen LogP) is 4.88. The maximum Gasteiger partial charge on any atom is 0.335 e. The minimum absolute atomic E-state index is 0.000630. The molecule has 0 fully saturated rings. The molecule has 0 aliphatic heterocycles.